The summed E-state index contributed by atoms with van der Waals surface area (Å²) in [5.74, 6) is 0.244. The van der Waals surface area contributed by atoms with Gasteiger partial charge in [0.1, 0.15) is 11.6 Å². The van der Waals surface area contributed by atoms with Gasteiger partial charge in [0, 0.05) is 30.3 Å². The van der Waals surface area contributed by atoms with E-state index in [0.29, 0.717) is 12.1 Å². The molecule has 0 radical (unpaired) electrons. The van der Waals surface area contributed by atoms with Crippen molar-refractivity contribution in [1.82, 2.24) is 5.32 Å². The van der Waals surface area contributed by atoms with Crippen LogP contribution in [-0.4, -0.2) is 12.0 Å². The number of hydrogen-bond donors (Lipinski definition) is 1. The molecule has 0 atom stereocenters. The number of ether oxygens (including phenoxy) is 1. The molecule has 110 valence electrons. The first kappa shape index (κ1) is 14.9. The van der Waals surface area contributed by atoms with E-state index in [-0.39, 0.29) is 12.2 Å². The van der Waals surface area contributed by atoms with E-state index < -0.39 is 10.7 Å². The quantitative estimate of drug-likeness (QED) is 0.656. The molecule has 0 fully saturated rings. The van der Waals surface area contributed by atoms with Gasteiger partial charge >= 0.3 is 0 Å². The lowest BCUT2D eigenvalue weighted by Gasteiger charge is -2.09. The summed E-state index contributed by atoms with van der Waals surface area (Å²) in [5, 5.41) is 14.0. The van der Waals surface area contributed by atoms with Gasteiger partial charge in [-0.3, -0.25) is 10.1 Å². The number of methoxy groups -OCH3 is 1. The van der Waals surface area contributed by atoms with Gasteiger partial charge in [-0.05, 0) is 18.2 Å². The molecule has 0 aliphatic rings. The highest BCUT2D eigenvalue weighted by Gasteiger charge is 2.14. The number of halogens is 1. The van der Waals surface area contributed by atoms with Crippen LogP contribution in [0.25, 0.3) is 0 Å². The molecular formula is C15H15FN2O3. The fraction of sp³-hybridized carbons (Fsp3) is 0.200. The third-order valence-corrected chi connectivity index (χ3v) is 3.06. The van der Waals surface area contributed by atoms with E-state index in [1.165, 1.54) is 12.1 Å². The highest BCUT2D eigenvalue weighted by atomic mass is 19.1. The number of nitrogens with one attached hydrogen (secondary N) is 1. The first-order valence-electron chi connectivity index (χ1n) is 6.37. The number of hydrogen-bond acceptors (Lipinski definition) is 4. The summed E-state index contributed by atoms with van der Waals surface area (Å²) >= 11 is 0. The highest BCUT2D eigenvalue weighted by molar-refractivity contribution is 5.40. The highest BCUT2D eigenvalue weighted by Crippen LogP contribution is 2.20. The molecule has 1 N–H and O–H groups in total. The van der Waals surface area contributed by atoms with Gasteiger partial charge in [0.25, 0.3) is 5.69 Å². The minimum Gasteiger partial charge on any atom is -0.496 e. The standard InChI is InChI=1S/C15H15FN2O3/c1-21-15-5-3-2-4-11(15)9-17-10-12-8-13(16)6-7-14(12)18(19)20/h2-8,17H,9-10H2,1H3. The maximum absolute atomic E-state index is 13.2. The van der Waals surface area contributed by atoms with Crippen LogP contribution in [0.1, 0.15) is 11.1 Å². The third-order valence-electron chi connectivity index (χ3n) is 3.06. The molecule has 0 amide bonds. The smallest absolute Gasteiger partial charge is 0.274 e. The minimum absolute atomic E-state index is 0.0936. The zero-order valence-corrected chi connectivity index (χ0v) is 11.5. The Balaban J connectivity index is 2.07. The predicted octanol–water partition coefficient (Wildman–Crippen LogP) is 3.03. The largest absolute Gasteiger partial charge is 0.496 e. The molecule has 0 spiro atoms. The number of nitro groups is 1. The molecule has 0 aliphatic heterocycles. The van der Waals surface area contributed by atoms with Crippen LogP contribution in [0.4, 0.5) is 10.1 Å². The van der Waals surface area contributed by atoms with Crippen molar-refractivity contribution in [2.24, 2.45) is 0 Å². The van der Waals surface area contributed by atoms with Gasteiger partial charge in [-0.1, -0.05) is 18.2 Å². The zero-order chi connectivity index (χ0) is 15.2. The number of para-hydroxylation sites is 1. The first-order chi connectivity index (χ1) is 10.1. The molecule has 0 unspecified atom stereocenters. The number of benzene rings is 2. The summed E-state index contributed by atoms with van der Waals surface area (Å²) in [6, 6.07) is 10.9. The summed E-state index contributed by atoms with van der Waals surface area (Å²) in [5.41, 5.74) is 1.15. The van der Waals surface area contributed by atoms with Gasteiger partial charge in [0.15, 0.2) is 0 Å². The molecule has 6 heteroatoms. The van der Waals surface area contributed by atoms with Crippen LogP contribution in [0.5, 0.6) is 5.75 Å². The van der Waals surface area contributed by atoms with Crippen molar-refractivity contribution in [2.45, 2.75) is 13.1 Å². The molecule has 0 bridgehead atoms. The van der Waals surface area contributed by atoms with Gasteiger partial charge in [-0.15, -0.1) is 0 Å². The van der Waals surface area contributed by atoms with Crippen LogP contribution in [0, 0.1) is 15.9 Å². The van der Waals surface area contributed by atoms with E-state index in [9.17, 15) is 14.5 Å². The summed E-state index contributed by atoms with van der Waals surface area (Å²) in [4.78, 5) is 10.4. The Morgan fingerprint density at radius 1 is 1.19 bits per heavy atom. The van der Waals surface area contributed by atoms with E-state index in [1.54, 1.807) is 7.11 Å². The van der Waals surface area contributed by atoms with Crippen LogP contribution in [0.3, 0.4) is 0 Å². The average molecular weight is 290 g/mol. The van der Waals surface area contributed by atoms with Gasteiger partial charge in [-0.2, -0.15) is 0 Å². The van der Waals surface area contributed by atoms with Crippen LogP contribution in [-0.2, 0) is 13.1 Å². The molecular weight excluding hydrogens is 275 g/mol. The van der Waals surface area contributed by atoms with Gasteiger partial charge in [0.05, 0.1) is 12.0 Å². The van der Waals surface area contributed by atoms with Gasteiger partial charge in [-0.25, -0.2) is 4.39 Å². The number of nitro benzene ring substituents is 1. The van der Waals surface area contributed by atoms with Crippen molar-refractivity contribution in [3.8, 4) is 5.75 Å². The summed E-state index contributed by atoms with van der Waals surface area (Å²) in [7, 11) is 1.58. The first-order valence-corrected chi connectivity index (χ1v) is 6.37. The molecule has 5 nitrogen and oxygen atoms in total. The summed E-state index contributed by atoms with van der Waals surface area (Å²) in [6.45, 7) is 0.670. The maximum atomic E-state index is 13.2. The Labute approximate surface area is 121 Å². The fourth-order valence-corrected chi connectivity index (χ4v) is 2.05. The zero-order valence-electron chi connectivity index (χ0n) is 11.5. The SMILES string of the molecule is COc1ccccc1CNCc1cc(F)ccc1[N+](=O)[O-]. The van der Waals surface area contributed by atoms with E-state index >= 15 is 0 Å². The summed E-state index contributed by atoms with van der Waals surface area (Å²) in [6.07, 6.45) is 0. The second-order valence-corrected chi connectivity index (χ2v) is 4.45. The molecule has 2 aromatic carbocycles. The fourth-order valence-electron chi connectivity index (χ4n) is 2.05. The Kier molecular flexibility index (Phi) is 4.84. The van der Waals surface area contributed by atoms with Crippen LogP contribution in [0.2, 0.25) is 0 Å². The van der Waals surface area contributed by atoms with E-state index in [2.05, 4.69) is 5.32 Å². The molecule has 0 saturated heterocycles. The van der Waals surface area contributed by atoms with Crippen molar-refractivity contribution < 1.29 is 14.1 Å². The molecule has 0 heterocycles. The lowest BCUT2D eigenvalue weighted by molar-refractivity contribution is -0.385. The second-order valence-electron chi connectivity index (χ2n) is 4.45. The van der Waals surface area contributed by atoms with Crippen molar-refractivity contribution >= 4 is 5.69 Å². The van der Waals surface area contributed by atoms with Crippen molar-refractivity contribution in [2.75, 3.05) is 7.11 Å². The van der Waals surface area contributed by atoms with E-state index in [4.69, 9.17) is 4.74 Å². The molecule has 2 rings (SSSR count). The molecule has 0 saturated carbocycles. The average Bonchev–Trinajstić information content (AvgIpc) is 2.47. The van der Waals surface area contributed by atoms with E-state index in [1.807, 2.05) is 24.3 Å². The minimum atomic E-state index is -0.514. The van der Waals surface area contributed by atoms with Crippen LogP contribution in [0.15, 0.2) is 42.5 Å². The Morgan fingerprint density at radius 3 is 2.62 bits per heavy atom. The van der Waals surface area contributed by atoms with Crippen molar-refractivity contribution in [3.63, 3.8) is 0 Å². The molecule has 0 aromatic heterocycles. The maximum Gasteiger partial charge on any atom is 0.274 e. The van der Waals surface area contributed by atoms with Gasteiger partial charge < -0.3 is 10.1 Å². The molecule has 21 heavy (non-hydrogen) atoms. The third kappa shape index (κ3) is 3.76. The van der Waals surface area contributed by atoms with E-state index in [0.717, 1.165) is 17.4 Å². The van der Waals surface area contributed by atoms with Crippen LogP contribution < -0.4 is 10.1 Å². The monoisotopic (exact) mass is 290 g/mol. The normalized spacial score (nSPS) is 10.4. The lowest BCUT2D eigenvalue weighted by atomic mass is 10.1. The van der Waals surface area contributed by atoms with Crippen molar-refractivity contribution in [1.29, 1.82) is 0 Å². The Hall–Kier alpha value is -2.47. The number of nitrogens with zero attached hydrogens (tertiary/aromatic N) is 1. The topological polar surface area (TPSA) is 64.4 Å². The number of rotatable bonds is 6. The second kappa shape index (κ2) is 6.81. The van der Waals surface area contributed by atoms with Crippen LogP contribution >= 0.6 is 0 Å². The molecule has 0 aliphatic carbocycles. The summed E-state index contributed by atoms with van der Waals surface area (Å²) < 4.78 is 18.4. The Morgan fingerprint density at radius 2 is 1.90 bits per heavy atom. The van der Waals surface area contributed by atoms with Gasteiger partial charge in [0.2, 0.25) is 0 Å². The predicted molar refractivity (Wildman–Crippen MR) is 76.6 cm³/mol. The lowest BCUT2D eigenvalue weighted by Crippen LogP contribution is -2.14. The van der Waals surface area contributed by atoms with Crippen molar-refractivity contribution in [3.05, 3.63) is 69.5 Å². The molecule has 2 aromatic rings. The Bertz CT molecular complexity index is 647.